The van der Waals surface area contributed by atoms with Crippen molar-refractivity contribution >= 4 is 27.9 Å². The highest BCUT2D eigenvalue weighted by Gasteiger charge is 2.14. The largest absolute Gasteiger partial charge is 0.486 e. The minimum atomic E-state index is 0.584. The highest BCUT2D eigenvalue weighted by molar-refractivity contribution is 7.07. The fraction of sp³-hybridized carbons (Fsp3) is 0.200. The first kappa shape index (κ1) is 12.4. The van der Waals surface area contributed by atoms with Gasteiger partial charge in [-0.3, -0.25) is 0 Å². The molecule has 0 atom stereocenters. The van der Waals surface area contributed by atoms with Crippen molar-refractivity contribution in [3.63, 3.8) is 0 Å². The molecule has 21 heavy (non-hydrogen) atoms. The van der Waals surface area contributed by atoms with Crippen molar-refractivity contribution in [2.45, 2.75) is 6.54 Å². The fourth-order valence-electron chi connectivity index (χ4n) is 2.35. The molecule has 1 aliphatic rings. The molecule has 0 unspecified atom stereocenters. The molecule has 1 aromatic carbocycles. The zero-order chi connectivity index (χ0) is 14.1. The van der Waals surface area contributed by atoms with Gasteiger partial charge in [0, 0.05) is 17.0 Å². The van der Waals surface area contributed by atoms with Crippen molar-refractivity contribution in [1.82, 2.24) is 9.97 Å². The normalized spacial score (nSPS) is 13.3. The lowest BCUT2D eigenvalue weighted by Gasteiger charge is -2.19. The van der Waals surface area contributed by atoms with Gasteiger partial charge in [0.25, 0.3) is 0 Å². The van der Waals surface area contributed by atoms with Crippen LogP contribution < -0.4 is 14.8 Å². The first-order valence-corrected chi connectivity index (χ1v) is 7.64. The van der Waals surface area contributed by atoms with Crippen molar-refractivity contribution < 1.29 is 9.47 Å². The Kier molecular flexibility index (Phi) is 3.08. The summed E-state index contributed by atoms with van der Waals surface area (Å²) in [7, 11) is 0. The van der Waals surface area contributed by atoms with Crippen LogP contribution in [-0.2, 0) is 6.54 Å². The Labute approximate surface area is 125 Å². The number of hydrogen-bond acceptors (Lipinski definition) is 6. The molecule has 0 radical (unpaired) electrons. The maximum Gasteiger partial charge on any atom is 0.162 e. The van der Waals surface area contributed by atoms with Gasteiger partial charge >= 0.3 is 0 Å². The molecule has 5 nitrogen and oxygen atoms in total. The van der Waals surface area contributed by atoms with Crippen LogP contribution in [0, 0.1) is 0 Å². The minimum absolute atomic E-state index is 0.584. The number of rotatable bonds is 3. The highest BCUT2D eigenvalue weighted by Crippen LogP contribution is 2.36. The summed E-state index contributed by atoms with van der Waals surface area (Å²) in [5, 5.41) is 7.46. The zero-order valence-corrected chi connectivity index (χ0v) is 12.0. The van der Waals surface area contributed by atoms with E-state index in [1.165, 1.54) is 0 Å². The third kappa shape index (κ3) is 2.38. The van der Waals surface area contributed by atoms with E-state index in [0.29, 0.717) is 19.8 Å². The summed E-state index contributed by atoms with van der Waals surface area (Å²) in [6, 6.07) is 5.96. The summed E-state index contributed by atoms with van der Waals surface area (Å²) in [6.07, 6.45) is 1.79. The van der Waals surface area contributed by atoms with Crippen LogP contribution in [0.1, 0.15) is 5.69 Å². The second kappa shape index (κ2) is 5.21. The zero-order valence-electron chi connectivity index (χ0n) is 11.2. The smallest absolute Gasteiger partial charge is 0.162 e. The SMILES string of the molecule is c1cc2cc3c(cc2c(NCc2cscn2)n1)OCCO3. The van der Waals surface area contributed by atoms with Gasteiger partial charge in [-0.1, -0.05) is 0 Å². The number of benzene rings is 1. The third-order valence-electron chi connectivity index (χ3n) is 3.35. The molecule has 6 heteroatoms. The molecule has 0 aliphatic carbocycles. The Morgan fingerprint density at radius 2 is 2.00 bits per heavy atom. The molecule has 3 aromatic rings. The standard InChI is InChI=1S/C15H13N3O2S/c1-2-16-15(17-7-11-8-21-9-18-11)12-6-14-13(5-10(1)12)19-3-4-20-14/h1-2,5-6,8-9H,3-4,7H2,(H,16,17). The van der Waals surface area contributed by atoms with Gasteiger partial charge in [0.15, 0.2) is 11.5 Å². The second-order valence-electron chi connectivity index (χ2n) is 4.71. The summed E-state index contributed by atoms with van der Waals surface area (Å²) in [5.41, 5.74) is 2.84. The molecule has 1 N–H and O–H groups in total. The summed E-state index contributed by atoms with van der Waals surface area (Å²) >= 11 is 1.59. The van der Waals surface area contributed by atoms with E-state index in [1.54, 1.807) is 17.5 Å². The maximum atomic E-state index is 5.65. The van der Waals surface area contributed by atoms with Gasteiger partial charge < -0.3 is 14.8 Å². The van der Waals surface area contributed by atoms with Crippen LogP contribution in [0.3, 0.4) is 0 Å². The first-order chi connectivity index (χ1) is 10.4. The van der Waals surface area contributed by atoms with Crippen LogP contribution in [0.25, 0.3) is 10.8 Å². The Bertz CT molecular complexity index is 774. The van der Waals surface area contributed by atoms with Crippen molar-refractivity contribution in [3.05, 3.63) is 41.0 Å². The number of hydrogen-bond donors (Lipinski definition) is 1. The summed E-state index contributed by atoms with van der Waals surface area (Å²) in [6.45, 7) is 1.84. The number of anilines is 1. The molecular weight excluding hydrogens is 286 g/mol. The van der Waals surface area contributed by atoms with E-state index >= 15 is 0 Å². The quantitative estimate of drug-likeness (QED) is 0.805. The van der Waals surface area contributed by atoms with Crippen LogP contribution in [0.2, 0.25) is 0 Å². The molecule has 0 fully saturated rings. The van der Waals surface area contributed by atoms with E-state index in [4.69, 9.17) is 9.47 Å². The van der Waals surface area contributed by atoms with Crippen LogP contribution in [0.4, 0.5) is 5.82 Å². The van der Waals surface area contributed by atoms with E-state index in [0.717, 1.165) is 33.8 Å². The van der Waals surface area contributed by atoms with E-state index in [-0.39, 0.29) is 0 Å². The molecular formula is C15H13N3O2S. The highest BCUT2D eigenvalue weighted by atomic mass is 32.1. The molecule has 0 bridgehead atoms. The molecule has 0 saturated heterocycles. The van der Waals surface area contributed by atoms with Crippen molar-refractivity contribution in [2.24, 2.45) is 0 Å². The van der Waals surface area contributed by atoms with Gasteiger partial charge in [-0.25, -0.2) is 9.97 Å². The second-order valence-corrected chi connectivity index (χ2v) is 5.43. The summed E-state index contributed by atoms with van der Waals surface area (Å²) in [5.74, 6) is 2.40. The lowest BCUT2D eigenvalue weighted by molar-refractivity contribution is 0.172. The van der Waals surface area contributed by atoms with E-state index < -0.39 is 0 Å². The van der Waals surface area contributed by atoms with E-state index in [1.807, 2.05) is 29.1 Å². The van der Waals surface area contributed by atoms with E-state index in [2.05, 4.69) is 15.3 Å². The number of pyridine rings is 1. The Morgan fingerprint density at radius 3 is 2.81 bits per heavy atom. The number of nitrogens with zero attached hydrogens (tertiary/aromatic N) is 2. The predicted octanol–water partition coefficient (Wildman–Crippen LogP) is 3.07. The lowest BCUT2D eigenvalue weighted by Crippen LogP contribution is -2.15. The Hall–Kier alpha value is -2.34. The average Bonchev–Trinajstić information content (AvgIpc) is 3.04. The van der Waals surface area contributed by atoms with Gasteiger partial charge in [-0.2, -0.15) is 0 Å². The number of nitrogens with one attached hydrogen (secondary N) is 1. The fourth-order valence-corrected chi connectivity index (χ4v) is 2.91. The number of aromatic nitrogens is 2. The first-order valence-electron chi connectivity index (χ1n) is 6.69. The molecule has 2 aromatic heterocycles. The number of ether oxygens (including phenoxy) is 2. The Morgan fingerprint density at radius 1 is 1.14 bits per heavy atom. The molecule has 3 heterocycles. The monoisotopic (exact) mass is 299 g/mol. The van der Waals surface area contributed by atoms with Gasteiger partial charge in [0.05, 0.1) is 17.7 Å². The van der Waals surface area contributed by atoms with Crippen molar-refractivity contribution in [1.29, 1.82) is 0 Å². The van der Waals surface area contributed by atoms with Gasteiger partial charge in [-0.05, 0) is 23.6 Å². The molecule has 0 amide bonds. The van der Waals surface area contributed by atoms with Crippen LogP contribution in [0.5, 0.6) is 11.5 Å². The topological polar surface area (TPSA) is 56.3 Å². The average molecular weight is 299 g/mol. The summed E-state index contributed by atoms with van der Waals surface area (Å²) < 4.78 is 11.3. The van der Waals surface area contributed by atoms with Gasteiger partial charge in [0.2, 0.25) is 0 Å². The number of fused-ring (bicyclic) bond motifs is 2. The molecule has 1 aliphatic heterocycles. The van der Waals surface area contributed by atoms with E-state index in [9.17, 15) is 0 Å². The van der Waals surface area contributed by atoms with Gasteiger partial charge in [-0.15, -0.1) is 11.3 Å². The van der Waals surface area contributed by atoms with Crippen LogP contribution >= 0.6 is 11.3 Å². The lowest BCUT2D eigenvalue weighted by atomic mass is 10.1. The third-order valence-corrected chi connectivity index (χ3v) is 3.98. The molecule has 4 rings (SSSR count). The summed E-state index contributed by atoms with van der Waals surface area (Å²) in [4.78, 5) is 8.69. The Balaban J connectivity index is 1.71. The molecule has 0 saturated carbocycles. The molecule has 0 spiro atoms. The van der Waals surface area contributed by atoms with Gasteiger partial charge in [0.1, 0.15) is 19.0 Å². The predicted molar refractivity (Wildman–Crippen MR) is 82.2 cm³/mol. The van der Waals surface area contributed by atoms with Crippen LogP contribution in [0.15, 0.2) is 35.3 Å². The molecule has 106 valence electrons. The maximum absolute atomic E-state index is 5.65. The van der Waals surface area contributed by atoms with Crippen LogP contribution in [-0.4, -0.2) is 23.2 Å². The van der Waals surface area contributed by atoms with Crippen molar-refractivity contribution in [2.75, 3.05) is 18.5 Å². The minimum Gasteiger partial charge on any atom is -0.486 e. The number of thiazole rings is 1. The van der Waals surface area contributed by atoms with Crippen molar-refractivity contribution in [3.8, 4) is 11.5 Å².